The van der Waals surface area contributed by atoms with Crippen LogP contribution in [0.4, 0.5) is 0 Å². The minimum atomic E-state index is 0.773. The second-order valence-electron chi connectivity index (χ2n) is 4.48. The van der Waals surface area contributed by atoms with Gasteiger partial charge in [0.25, 0.3) is 0 Å². The number of aromatic nitrogens is 3. The van der Waals surface area contributed by atoms with Gasteiger partial charge in [0.15, 0.2) is 5.82 Å². The average Bonchev–Trinajstić information content (AvgIpc) is 3.09. The van der Waals surface area contributed by atoms with E-state index in [9.17, 15) is 0 Å². The highest BCUT2D eigenvalue weighted by molar-refractivity contribution is 7.15. The molecule has 0 spiro atoms. The molecule has 4 heteroatoms. The highest BCUT2D eigenvalue weighted by Gasteiger charge is 2.12. The second-order valence-corrected chi connectivity index (χ2v) is 5.32. The van der Waals surface area contributed by atoms with E-state index in [0.717, 1.165) is 27.6 Å². The van der Waals surface area contributed by atoms with Crippen LogP contribution < -0.4 is 0 Å². The Morgan fingerprint density at radius 2 is 1.45 bits per heavy atom. The molecule has 0 saturated carbocycles. The van der Waals surface area contributed by atoms with E-state index in [2.05, 4.69) is 27.6 Å². The molecule has 3 nitrogen and oxygen atoms in total. The molecule has 0 aliphatic heterocycles. The Morgan fingerprint density at radius 1 is 0.800 bits per heavy atom. The lowest BCUT2D eigenvalue weighted by molar-refractivity contribution is 0.990. The summed E-state index contributed by atoms with van der Waals surface area (Å²) < 4.78 is 1.92. The van der Waals surface area contributed by atoms with E-state index < -0.39 is 0 Å². The Bertz CT molecular complexity index is 847. The lowest BCUT2D eigenvalue weighted by Crippen LogP contribution is -1.88. The summed E-state index contributed by atoms with van der Waals surface area (Å²) in [5, 5.41) is 6.73. The molecule has 2 aromatic carbocycles. The lowest BCUT2D eigenvalue weighted by Gasteiger charge is -1.97. The van der Waals surface area contributed by atoms with Crippen LogP contribution in [-0.2, 0) is 0 Å². The molecule has 0 unspecified atom stereocenters. The summed E-state index contributed by atoms with van der Waals surface area (Å²) in [4.78, 5) is 5.52. The van der Waals surface area contributed by atoms with Crippen molar-refractivity contribution in [2.24, 2.45) is 0 Å². The van der Waals surface area contributed by atoms with Crippen LogP contribution >= 0.6 is 11.3 Å². The summed E-state index contributed by atoms with van der Waals surface area (Å²) in [5.41, 5.74) is 3.28. The molecule has 20 heavy (non-hydrogen) atoms. The molecule has 0 amide bonds. The van der Waals surface area contributed by atoms with E-state index in [1.165, 1.54) is 0 Å². The third-order valence-corrected chi connectivity index (χ3v) is 4.00. The van der Waals surface area contributed by atoms with Gasteiger partial charge in [0.2, 0.25) is 4.96 Å². The van der Waals surface area contributed by atoms with Crippen molar-refractivity contribution < 1.29 is 0 Å². The Morgan fingerprint density at radius 3 is 2.15 bits per heavy atom. The van der Waals surface area contributed by atoms with Crippen LogP contribution in [0, 0.1) is 0 Å². The average molecular weight is 277 g/mol. The minimum absolute atomic E-state index is 0.773. The van der Waals surface area contributed by atoms with E-state index in [1.807, 2.05) is 53.0 Å². The fourth-order valence-electron chi connectivity index (χ4n) is 2.20. The first-order valence-corrected chi connectivity index (χ1v) is 7.25. The molecular weight excluding hydrogens is 266 g/mol. The van der Waals surface area contributed by atoms with Crippen molar-refractivity contribution in [1.29, 1.82) is 0 Å². The monoisotopic (exact) mass is 277 g/mol. The number of nitrogens with zero attached hydrogens (tertiary/aromatic N) is 3. The Balaban J connectivity index is 1.88. The second kappa shape index (κ2) is 4.58. The first kappa shape index (κ1) is 11.4. The van der Waals surface area contributed by atoms with Gasteiger partial charge in [-0.3, -0.25) is 0 Å². The van der Waals surface area contributed by atoms with Gasteiger partial charge in [-0.2, -0.15) is 4.98 Å². The van der Waals surface area contributed by atoms with Gasteiger partial charge in [-0.1, -0.05) is 60.7 Å². The number of fused-ring (bicyclic) bond motifs is 1. The zero-order valence-corrected chi connectivity index (χ0v) is 11.4. The van der Waals surface area contributed by atoms with E-state index in [4.69, 9.17) is 0 Å². The first-order chi connectivity index (χ1) is 9.92. The lowest BCUT2D eigenvalue weighted by atomic mass is 10.2. The van der Waals surface area contributed by atoms with Gasteiger partial charge in [-0.15, -0.1) is 16.4 Å². The largest absolute Gasteiger partial charge is 0.213 e. The van der Waals surface area contributed by atoms with Gasteiger partial charge >= 0.3 is 0 Å². The highest BCUT2D eigenvalue weighted by atomic mass is 32.1. The number of thiazole rings is 1. The molecule has 4 aromatic rings. The van der Waals surface area contributed by atoms with Gasteiger partial charge in [0.1, 0.15) is 0 Å². The van der Waals surface area contributed by atoms with Crippen molar-refractivity contribution in [3.05, 3.63) is 66.0 Å². The molecule has 0 bridgehead atoms. The Hall–Kier alpha value is -2.46. The number of rotatable bonds is 2. The normalized spacial score (nSPS) is 11.0. The summed E-state index contributed by atoms with van der Waals surface area (Å²) >= 11 is 1.61. The van der Waals surface area contributed by atoms with Crippen LogP contribution in [-0.4, -0.2) is 14.6 Å². The predicted octanol–water partition coefficient (Wildman–Crippen LogP) is 4.12. The van der Waals surface area contributed by atoms with Gasteiger partial charge in [-0.25, -0.2) is 4.52 Å². The molecule has 4 rings (SSSR count). The van der Waals surface area contributed by atoms with Crippen LogP contribution in [0.2, 0.25) is 0 Å². The zero-order chi connectivity index (χ0) is 13.4. The maximum absolute atomic E-state index is 4.64. The molecule has 0 atom stereocenters. The number of benzene rings is 2. The molecule has 2 heterocycles. The third kappa shape index (κ3) is 1.82. The van der Waals surface area contributed by atoms with Crippen molar-refractivity contribution >= 4 is 16.3 Å². The van der Waals surface area contributed by atoms with E-state index in [-0.39, 0.29) is 0 Å². The van der Waals surface area contributed by atoms with Crippen LogP contribution in [0.15, 0.2) is 66.0 Å². The predicted molar refractivity (Wildman–Crippen MR) is 81.7 cm³/mol. The van der Waals surface area contributed by atoms with Crippen LogP contribution in [0.3, 0.4) is 0 Å². The summed E-state index contributed by atoms with van der Waals surface area (Å²) in [5.74, 6) is 0.773. The standard InChI is InChI=1S/C16H11N3S/c1-3-7-12(8-4-1)14-11-20-16-17-15(18-19(14)16)13-9-5-2-6-10-13/h1-11H. The smallest absolute Gasteiger partial charge is 0.203 e. The fourth-order valence-corrected chi connectivity index (χ4v) is 3.03. The molecule has 0 aliphatic rings. The van der Waals surface area contributed by atoms with Gasteiger partial charge in [0.05, 0.1) is 5.69 Å². The van der Waals surface area contributed by atoms with Crippen LogP contribution in [0.1, 0.15) is 0 Å². The van der Waals surface area contributed by atoms with Gasteiger partial charge in [-0.05, 0) is 0 Å². The summed E-state index contributed by atoms with van der Waals surface area (Å²) in [6, 6.07) is 20.3. The van der Waals surface area contributed by atoms with Crippen molar-refractivity contribution in [3.8, 4) is 22.6 Å². The molecular formula is C16H11N3S. The maximum atomic E-state index is 4.64. The maximum Gasteiger partial charge on any atom is 0.213 e. The molecule has 0 radical (unpaired) electrons. The molecule has 0 N–H and O–H groups in total. The van der Waals surface area contributed by atoms with Gasteiger partial charge < -0.3 is 0 Å². The number of hydrogen-bond donors (Lipinski definition) is 0. The fraction of sp³-hybridized carbons (Fsp3) is 0. The summed E-state index contributed by atoms with van der Waals surface area (Å²) in [6.07, 6.45) is 0. The molecule has 0 fully saturated rings. The van der Waals surface area contributed by atoms with Crippen LogP contribution in [0.5, 0.6) is 0 Å². The number of hydrogen-bond acceptors (Lipinski definition) is 3. The molecule has 0 saturated heterocycles. The van der Waals surface area contributed by atoms with Crippen molar-refractivity contribution in [2.45, 2.75) is 0 Å². The Labute approximate surface area is 120 Å². The minimum Gasteiger partial charge on any atom is -0.203 e. The van der Waals surface area contributed by atoms with E-state index >= 15 is 0 Å². The topological polar surface area (TPSA) is 30.2 Å². The molecule has 96 valence electrons. The van der Waals surface area contributed by atoms with E-state index in [0.29, 0.717) is 0 Å². The Kier molecular flexibility index (Phi) is 2.60. The van der Waals surface area contributed by atoms with Crippen molar-refractivity contribution in [3.63, 3.8) is 0 Å². The summed E-state index contributed by atoms with van der Waals surface area (Å²) in [6.45, 7) is 0. The molecule has 0 aliphatic carbocycles. The van der Waals surface area contributed by atoms with Crippen molar-refractivity contribution in [2.75, 3.05) is 0 Å². The first-order valence-electron chi connectivity index (χ1n) is 6.37. The zero-order valence-electron chi connectivity index (χ0n) is 10.6. The third-order valence-electron chi connectivity index (χ3n) is 3.18. The van der Waals surface area contributed by atoms with E-state index in [1.54, 1.807) is 11.3 Å². The quantitative estimate of drug-likeness (QED) is 0.551. The van der Waals surface area contributed by atoms with Crippen molar-refractivity contribution in [1.82, 2.24) is 14.6 Å². The SMILES string of the molecule is c1ccc(-c2nc3scc(-c4ccccc4)n3n2)cc1. The summed E-state index contributed by atoms with van der Waals surface area (Å²) in [7, 11) is 0. The highest BCUT2D eigenvalue weighted by Crippen LogP contribution is 2.26. The molecule has 2 aromatic heterocycles. The van der Waals surface area contributed by atoms with Crippen LogP contribution in [0.25, 0.3) is 27.6 Å². The van der Waals surface area contributed by atoms with Gasteiger partial charge in [0, 0.05) is 16.5 Å².